The van der Waals surface area contributed by atoms with E-state index in [1.807, 2.05) is 30.6 Å². The third kappa shape index (κ3) is 3.36. The molecule has 0 aliphatic carbocycles. The maximum Gasteiger partial charge on any atom is 0.252 e. The van der Waals surface area contributed by atoms with Crippen molar-refractivity contribution >= 4 is 22.5 Å². The second-order valence-electron chi connectivity index (χ2n) is 6.49. The second kappa shape index (κ2) is 6.97. The van der Waals surface area contributed by atoms with E-state index in [0.717, 1.165) is 30.7 Å². The molecule has 0 unspecified atom stereocenters. The number of H-pyrrole nitrogens is 1. The van der Waals surface area contributed by atoms with E-state index in [0.29, 0.717) is 12.1 Å². The van der Waals surface area contributed by atoms with Crippen LogP contribution in [0.5, 0.6) is 0 Å². The molecule has 128 valence electrons. The van der Waals surface area contributed by atoms with E-state index in [2.05, 4.69) is 32.3 Å². The van der Waals surface area contributed by atoms with E-state index >= 15 is 0 Å². The van der Waals surface area contributed by atoms with Crippen molar-refractivity contribution in [2.45, 2.75) is 19.3 Å². The Morgan fingerprint density at radius 1 is 1.20 bits per heavy atom. The zero-order valence-electron chi connectivity index (χ0n) is 14.2. The lowest BCUT2D eigenvalue weighted by Crippen LogP contribution is -2.26. The maximum absolute atomic E-state index is 12.4. The SMILES string of the molecule is O=C(NCCc1c[nH]c2ccccc12)c1cncc(N2CCCC2)c1. The first-order valence-electron chi connectivity index (χ1n) is 8.84. The predicted octanol–water partition coefficient (Wildman–Crippen LogP) is 3.14. The molecule has 0 radical (unpaired) electrons. The van der Waals surface area contributed by atoms with Crippen LogP contribution in [0.15, 0.2) is 48.9 Å². The first kappa shape index (κ1) is 15.7. The molecule has 4 rings (SSSR count). The first-order valence-corrected chi connectivity index (χ1v) is 8.84. The lowest BCUT2D eigenvalue weighted by molar-refractivity contribution is 0.0954. The Balaban J connectivity index is 1.38. The van der Waals surface area contributed by atoms with Gasteiger partial charge < -0.3 is 15.2 Å². The number of pyridine rings is 1. The van der Waals surface area contributed by atoms with Gasteiger partial charge >= 0.3 is 0 Å². The molecule has 1 aromatic carbocycles. The maximum atomic E-state index is 12.4. The Labute approximate surface area is 147 Å². The Bertz CT molecular complexity index is 880. The van der Waals surface area contributed by atoms with Crippen molar-refractivity contribution in [2.75, 3.05) is 24.5 Å². The van der Waals surface area contributed by atoms with Crippen LogP contribution < -0.4 is 10.2 Å². The molecule has 3 aromatic rings. The van der Waals surface area contributed by atoms with Gasteiger partial charge in [0.1, 0.15) is 0 Å². The molecule has 2 N–H and O–H groups in total. The fourth-order valence-electron chi connectivity index (χ4n) is 3.45. The first-order chi connectivity index (χ1) is 12.3. The summed E-state index contributed by atoms with van der Waals surface area (Å²) in [6.45, 7) is 2.70. The summed E-state index contributed by atoms with van der Waals surface area (Å²) in [5.74, 6) is -0.0617. The van der Waals surface area contributed by atoms with Gasteiger partial charge in [-0.15, -0.1) is 0 Å². The lowest BCUT2D eigenvalue weighted by atomic mass is 10.1. The van der Waals surface area contributed by atoms with Gasteiger partial charge in [0.15, 0.2) is 0 Å². The number of hydrogen-bond donors (Lipinski definition) is 2. The molecule has 0 bridgehead atoms. The van der Waals surface area contributed by atoms with Crippen molar-refractivity contribution in [1.82, 2.24) is 15.3 Å². The molecule has 1 fully saturated rings. The minimum atomic E-state index is -0.0617. The van der Waals surface area contributed by atoms with Gasteiger partial charge in [0.05, 0.1) is 17.4 Å². The molecule has 5 nitrogen and oxygen atoms in total. The number of fused-ring (bicyclic) bond motifs is 1. The van der Waals surface area contributed by atoms with Crippen LogP contribution in [-0.2, 0) is 6.42 Å². The van der Waals surface area contributed by atoms with Crippen molar-refractivity contribution in [3.63, 3.8) is 0 Å². The zero-order valence-corrected chi connectivity index (χ0v) is 14.2. The topological polar surface area (TPSA) is 61.0 Å². The van der Waals surface area contributed by atoms with Crippen LogP contribution in [0, 0.1) is 0 Å². The third-order valence-electron chi connectivity index (χ3n) is 4.81. The highest BCUT2D eigenvalue weighted by Crippen LogP contribution is 2.20. The summed E-state index contributed by atoms with van der Waals surface area (Å²) < 4.78 is 0. The van der Waals surface area contributed by atoms with Gasteiger partial charge in [-0.25, -0.2) is 0 Å². The molecule has 0 spiro atoms. The molecule has 1 aliphatic rings. The van der Waals surface area contributed by atoms with Gasteiger partial charge in [-0.05, 0) is 37.0 Å². The van der Waals surface area contributed by atoms with Crippen molar-refractivity contribution in [1.29, 1.82) is 0 Å². The Hall–Kier alpha value is -2.82. The molecule has 1 saturated heterocycles. The van der Waals surface area contributed by atoms with E-state index in [1.165, 1.54) is 23.8 Å². The fourth-order valence-corrected chi connectivity index (χ4v) is 3.45. The monoisotopic (exact) mass is 334 g/mol. The van der Waals surface area contributed by atoms with Gasteiger partial charge in [0.25, 0.3) is 5.91 Å². The Morgan fingerprint density at radius 2 is 2.04 bits per heavy atom. The zero-order chi connectivity index (χ0) is 17.1. The minimum absolute atomic E-state index is 0.0617. The summed E-state index contributed by atoms with van der Waals surface area (Å²) in [5.41, 5.74) is 4.02. The number of hydrogen-bond acceptors (Lipinski definition) is 3. The summed E-state index contributed by atoms with van der Waals surface area (Å²) in [4.78, 5) is 22.2. The number of nitrogens with one attached hydrogen (secondary N) is 2. The summed E-state index contributed by atoms with van der Waals surface area (Å²) >= 11 is 0. The number of aromatic amines is 1. The summed E-state index contributed by atoms with van der Waals surface area (Å²) in [7, 11) is 0. The smallest absolute Gasteiger partial charge is 0.252 e. The average Bonchev–Trinajstić information content (AvgIpc) is 3.32. The molecule has 3 heterocycles. The highest BCUT2D eigenvalue weighted by atomic mass is 16.1. The molecule has 5 heteroatoms. The molecular formula is C20H22N4O. The summed E-state index contributed by atoms with van der Waals surface area (Å²) in [5, 5.41) is 4.23. The molecule has 0 atom stereocenters. The minimum Gasteiger partial charge on any atom is -0.370 e. The van der Waals surface area contributed by atoms with Gasteiger partial charge in [0.2, 0.25) is 0 Å². The number of carbonyl (C=O) groups excluding carboxylic acids is 1. The standard InChI is InChI=1S/C20H22N4O/c25-20(16-11-17(14-21-12-16)24-9-3-4-10-24)22-8-7-15-13-23-19-6-2-1-5-18(15)19/h1-2,5-6,11-14,23H,3-4,7-10H2,(H,22,25). The van der Waals surface area contributed by atoms with Crippen molar-refractivity contribution < 1.29 is 4.79 Å². The predicted molar refractivity (Wildman–Crippen MR) is 100 cm³/mol. The van der Waals surface area contributed by atoms with Crippen LogP contribution in [-0.4, -0.2) is 35.5 Å². The van der Waals surface area contributed by atoms with E-state index in [9.17, 15) is 4.79 Å². The Morgan fingerprint density at radius 3 is 2.92 bits per heavy atom. The van der Waals surface area contributed by atoms with Gasteiger partial charge in [-0.2, -0.15) is 0 Å². The summed E-state index contributed by atoms with van der Waals surface area (Å²) in [6, 6.07) is 10.2. The van der Waals surface area contributed by atoms with Crippen molar-refractivity contribution in [3.05, 3.63) is 60.0 Å². The number of aromatic nitrogens is 2. The van der Waals surface area contributed by atoms with E-state index in [-0.39, 0.29) is 5.91 Å². The van der Waals surface area contributed by atoms with E-state index in [1.54, 1.807) is 6.20 Å². The summed E-state index contributed by atoms with van der Waals surface area (Å²) in [6.07, 6.45) is 8.72. The molecule has 2 aromatic heterocycles. The van der Waals surface area contributed by atoms with Gasteiger partial charge in [-0.3, -0.25) is 9.78 Å². The van der Waals surface area contributed by atoms with Crippen LogP contribution in [0.4, 0.5) is 5.69 Å². The molecule has 0 saturated carbocycles. The molecular weight excluding hydrogens is 312 g/mol. The normalized spacial score (nSPS) is 14.2. The van der Waals surface area contributed by atoms with Crippen LogP contribution in [0.2, 0.25) is 0 Å². The molecule has 1 amide bonds. The van der Waals surface area contributed by atoms with Crippen LogP contribution in [0.1, 0.15) is 28.8 Å². The highest BCUT2D eigenvalue weighted by molar-refractivity contribution is 5.94. The number of carbonyl (C=O) groups is 1. The quantitative estimate of drug-likeness (QED) is 0.753. The van der Waals surface area contributed by atoms with Crippen molar-refractivity contribution in [2.24, 2.45) is 0 Å². The highest BCUT2D eigenvalue weighted by Gasteiger charge is 2.14. The third-order valence-corrected chi connectivity index (χ3v) is 4.81. The number of nitrogens with zero attached hydrogens (tertiary/aromatic N) is 2. The number of rotatable bonds is 5. The van der Waals surface area contributed by atoms with E-state index in [4.69, 9.17) is 0 Å². The molecule has 25 heavy (non-hydrogen) atoms. The molecule has 1 aliphatic heterocycles. The van der Waals surface area contributed by atoms with E-state index < -0.39 is 0 Å². The van der Waals surface area contributed by atoms with Crippen molar-refractivity contribution in [3.8, 4) is 0 Å². The average molecular weight is 334 g/mol. The van der Waals surface area contributed by atoms with Crippen LogP contribution >= 0.6 is 0 Å². The largest absolute Gasteiger partial charge is 0.370 e. The second-order valence-corrected chi connectivity index (χ2v) is 6.49. The number of anilines is 1. The number of benzene rings is 1. The van der Waals surface area contributed by atoms with Gasteiger partial charge in [-0.1, -0.05) is 18.2 Å². The fraction of sp³-hybridized carbons (Fsp3) is 0.300. The van der Waals surface area contributed by atoms with Crippen LogP contribution in [0.3, 0.4) is 0 Å². The Kier molecular flexibility index (Phi) is 4.37. The number of amides is 1. The lowest BCUT2D eigenvalue weighted by Gasteiger charge is -2.17. The van der Waals surface area contributed by atoms with Gasteiger partial charge in [0, 0.05) is 42.9 Å². The van der Waals surface area contributed by atoms with Crippen LogP contribution in [0.25, 0.3) is 10.9 Å². The number of para-hydroxylation sites is 1.